The van der Waals surface area contributed by atoms with Gasteiger partial charge in [0, 0.05) is 0 Å². The number of benzene rings is 2. The van der Waals surface area contributed by atoms with Gasteiger partial charge in [0.2, 0.25) is 0 Å². The van der Waals surface area contributed by atoms with Crippen LogP contribution in [0.1, 0.15) is 29.2 Å². The number of para-hydroxylation sites is 1. The van der Waals surface area contributed by atoms with Crippen LogP contribution in [0.2, 0.25) is 0 Å². The largest absolute Gasteiger partial charge is 0.451 e. The minimum Gasteiger partial charge on any atom is -0.451 e. The van der Waals surface area contributed by atoms with Crippen molar-refractivity contribution < 1.29 is 9.53 Å². The molecule has 0 radical (unpaired) electrons. The molecule has 124 valence electrons. The van der Waals surface area contributed by atoms with Crippen LogP contribution in [0.5, 0.6) is 0 Å². The molecule has 25 heavy (non-hydrogen) atoms. The van der Waals surface area contributed by atoms with Gasteiger partial charge in [-0.1, -0.05) is 12.1 Å². The van der Waals surface area contributed by atoms with Crippen LogP contribution in [0, 0.1) is 0 Å². The van der Waals surface area contributed by atoms with Gasteiger partial charge in [-0.05, 0) is 37.3 Å². The van der Waals surface area contributed by atoms with Gasteiger partial charge in [0.05, 0.1) is 32.2 Å². The van der Waals surface area contributed by atoms with Crippen LogP contribution in [0.15, 0.2) is 52.8 Å². The van der Waals surface area contributed by atoms with Crippen LogP contribution >= 0.6 is 11.3 Å². The van der Waals surface area contributed by atoms with E-state index in [0.717, 1.165) is 10.2 Å². The lowest BCUT2D eigenvalue weighted by molar-refractivity contribution is 0.0320. The van der Waals surface area contributed by atoms with Crippen molar-refractivity contribution in [2.45, 2.75) is 13.0 Å². The Hall–Kier alpha value is -3.06. The number of aromatic amines is 1. The number of aromatic nitrogens is 3. The molecule has 0 saturated heterocycles. The molecule has 2 heterocycles. The van der Waals surface area contributed by atoms with Crippen molar-refractivity contribution in [2.24, 2.45) is 0 Å². The van der Waals surface area contributed by atoms with Crippen LogP contribution in [0.25, 0.3) is 21.1 Å². The number of H-pyrrole nitrogens is 1. The smallest absolute Gasteiger partial charge is 0.338 e. The van der Waals surface area contributed by atoms with E-state index < -0.39 is 12.1 Å². The van der Waals surface area contributed by atoms with Gasteiger partial charge in [-0.25, -0.2) is 14.8 Å². The van der Waals surface area contributed by atoms with Gasteiger partial charge in [0.1, 0.15) is 0 Å². The molecule has 1 N–H and O–H groups in total. The van der Waals surface area contributed by atoms with Gasteiger partial charge >= 0.3 is 5.97 Å². The maximum absolute atomic E-state index is 12.4. The molecule has 1 atom stereocenters. The van der Waals surface area contributed by atoms with E-state index in [-0.39, 0.29) is 5.56 Å². The summed E-state index contributed by atoms with van der Waals surface area (Å²) in [7, 11) is 0. The maximum Gasteiger partial charge on any atom is 0.338 e. The summed E-state index contributed by atoms with van der Waals surface area (Å²) in [5, 5.41) is 0.500. The molecule has 0 spiro atoms. The first kappa shape index (κ1) is 15.5. The Morgan fingerprint density at radius 3 is 2.92 bits per heavy atom. The van der Waals surface area contributed by atoms with E-state index in [1.54, 1.807) is 54.9 Å². The summed E-state index contributed by atoms with van der Waals surface area (Å²) in [6.45, 7) is 1.68. The van der Waals surface area contributed by atoms with Crippen molar-refractivity contribution in [3.05, 3.63) is 69.7 Å². The van der Waals surface area contributed by atoms with E-state index in [1.165, 1.54) is 11.3 Å². The lowest BCUT2D eigenvalue weighted by Gasteiger charge is -2.13. The van der Waals surface area contributed by atoms with E-state index in [9.17, 15) is 9.59 Å². The molecule has 0 aliphatic carbocycles. The standard InChI is InChI=1S/C18H13N3O3S/c1-10(16-20-13-5-3-2-4-12(13)17(22)21-16)24-18(23)11-6-7-14-15(8-11)25-9-19-14/h2-10H,1H3,(H,20,21,22)/t10-/m0/s1. The molecule has 0 fully saturated rings. The van der Waals surface area contributed by atoms with Gasteiger partial charge in [-0.15, -0.1) is 11.3 Å². The van der Waals surface area contributed by atoms with E-state index in [1.807, 2.05) is 0 Å². The normalized spacial score (nSPS) is 12.4. The van der Waals surface area contributed by atoms with Crippen molar-refractivity contribution in [1.29, 1.82) is 0 Å². The lowest BCUT2D eigenvalue weighted by Crippen LogP contribution is -2.17. The van der Waals surface area contributed by atoms with E-state index in [4.69, 9.17) is 4.74 Å². The summed E-state index contributed by atoms with van der Waals surface area (Å²) in [6, 6.07) is 12.2. The first-order valence-corrected chi connectivity index (χ1v) is 8.53. The predicted molar refractivity (Wildman–Crippen MR) is 95.8 cm³/mol. The molecule has 2 aromatic carbocycles. The SMILES string of the molecule is C[C@H](OC(=O)c1ccc2ncsc2c1)c1nc2ccccc2c(=O)[nH]1. The molecule has 4 aromatic rings. The fourth-order valence-corrected chi connectivity index (χ4v) is 3.28. The molecule has 0 unspecified atom stereocenters. The number of thiazole rings is 1. The van der Waals surface area contributed by atoms with Gasteiger partial charge in [-0.3, -0.25) is 4.79 Å². The van der Waals surface area contributed by atoms with Crippen molar-refractivity contribution in [3.8, 4) is 0 Å². The second-order valence-corrected chi connectivity index (χ2v) is 6.44. The molecular formula is C18H13N3O3S. The van der Waals surface area contributed by atoms with Gasteiger partial charge in [0.25, 0.3) is 5.56 Å². The summed E-state index contributed by atoms with van der Waals surface area (Å²) >= 11 is 1.46. The van der Waals surface area contributed by atoms with Crippen LogP contribution in [-0.2, 0) is 4.74 Å². The highest BCUT2D eigenvalue weighted by molar-refractivity contribution is 7.16. The number of carbonyl (C=O) groups excluding carboxylic acids is 1. The molecule has 6 nitrogen and oxygen atoms in total. The van der Waals surface area contributed by atoms with Crippen molar-refractivity contribution in [2.75, 3.05) is 0 Å². The minimum atomic E-state index is -0.679. The third-order valence-corrected chi connectivity index (χ3v) is 4.66. The number of nitrogens with one attached hydrogen (secondary N) is 1. The molecule has 0 bridgehead atoms. The summed E-state index contributed by atoms with van der Waals surface area (Å²) in [4.78, 5) is 35.8. The zero-order chi connectivity index (χ0) is 17.4. The quantitative estimate of drug-likeness (QED) is 0.572. The predicted octanol–water partition coefficient (Wildman–Crippen LogP) is 3.45. The summed E-state index contributed by atoms with van der Waals surface area (Å²) in [5.74, 6) is -0.158. The van der Waals surface area contributed by atoms with E-state index in [0.29, 0.717) is 22.3 Å². The molecule has 0 aliphatic rings. The molecular weight excluding hydrogens is 338 g/mol. The molecule has 0 saturated carbocycles. The summed E-state index contributed by atoms with van der Waals surface area (Å²) in [6.07, 6.45) is -0.679. The Morgan fingerprint density at radius 2 is 2.04 bits per heavy atom. The second-order valence-electron chi connectivity index (χ2n) is 5.55. The van der Waals surface area contributed by atoms with Crippen molar-refractivity contribution >= 4 is 38.4 Å². The van der Waals surface area contributed by atoms with Gasteiger partial charge in [-0.2, -0.15) is 0 Å². The Morgan fingerprint density at radius 1 is 1.20 bits per heavy atom. The molecule has 0 amide bonds. The van der Waals surface area contributed by atoms with Crippen molar-refractivity contribution in [3.63, 3.8) is 0 Å². The number of esters is 1. The van der Waals surface area contributed by atoms with Crippen LogP contribution in [-0.4, -0.2) is 20.9 Å². The third kappa shape index (κ3) is 2.89. The van der Waals surface area contributed by atoms with Crippen molar-refractivity contribution in [1.82, 2.24) is 15.0 Å². The van der Waals surface area contributed by atoms with Gasteiger partial charge < -0.3 is 9.72 Å². The van der Waals surface area contributed by atoms with Crippen LogP contribution in [0.4, 0.5) is 0 Å². The zero-order valence-electron chi connectivity index (χ0n) is 13.2. The van der Waals surface area contributed by atoms with Crippen LogP contribution < -0.4 is 5.56 Å². The number of ether oxygens (including phenoxy) is 1. The summed E-state index contributed by atoms with van der Waals surface area (Å²) in [5.41, 5.74) is 3.32. The first-order valence-electron chi connectivity index (χ1n) is 7.65. The van der Waals surface area contributed by atoms with E-state index >= 15 is 0 Å². The average Bonchev–Trinajstić information content (AvgIpc) is 3.09. The van der Waals surface area contributed by atoms with Crippen LogP contribution in [0.3, 0.4) is 0 Å². The van der Waals surface area contributed by atoms with E-state index in [2.05, 4.69) is 15.0 Å². The Kier molecular flexibility index (Phi) is 3.77. The first-order chi connectivity index (χ1) is 12.1. The maximum atomic E-state index is 12.4. The fraction of sp³-hybridized carbons (Fsp3) is 0.111. The highest BCUT2D eigenvalue weighted by Gasteiger charge is 2.17. The topological polar surface area (TPSA) is 84.9 Å². The molecule has 0 aliphatic heterocycles. The minimum absolute atomic E-state index is 0.255. The Balaban J connectivity index is 1.61. The molecule has 4 rings (SSSR count). The zero-order valence-corrected chi connectivity index (χ0v) is 14.0. The monoisotopic (exact) mass is 351 g/mol. The Bertz CT molecular complexity index is 1150. The number of nitrogens with zero attached hydrogens (tertiary/aromatic N) is 2. The number of carbonyl (C=O) groups is 1. The average molecular weight is 351 g/mol. The highest BCUT2D eigenvalue weighted by Crippen LogP contribution is 2.21. The Labute approximate surface area is 146 Å². The second kappa shape index (κ2) is 6.10. The molecule has 2 aromatic heterocycles. The molecule has 7 heteroatoms. The lowest BCUT2D eigenvalue weighted by atomic mass is 10.2. The number of hydrogen-bond acceptors (Lipinski definition) is 6. The van der Waals surface area contributed by atoms with Gasteiger partial charge in [0.15, 0.2) is 11.9 Å². The number of fused-ring (bicyclic) bond motifs is 2. The number of hydrogen-bond donors (Lipinski definition) is 1. The highest BCUT2D eigenvalue weighted by atomic mass is 32.1. The fourth-order valence-electron chi connectivity index (χ4n) is 2.56. The third-order valence-electron chi connectivity index (χ3n) is 3.87. The number of rotatable bonds is 3. The summed E-state index contributed by atoms with van der Waals surface area (Å²) < 4.78 is 6.38.